The van der Waals surface area contributed by atoms with E-state index in [9.17, 15) is 0 Å². The smallest absolute Gasteiger partial charge is 0.198 e. The third-order valence-corrected chi connectivity index (χ3v) is 3.72. The van der Waals surface area contributed by atoms with Crippen LogP contribution in [0.2, 0.25) is 0 Å². The Hall–Kier alpha value is -0.830. The van der Waals surface area contributed by atoms with Crippen molar-refractivity contribution in [3.8, 4) is 0 Å². The molecule has 1 N–H and O–H groups in total. The summed E-state index contributed by atoms with van der Waals surface area (Å²) in [5.41, 5.74) is 1.20. The quantitative estimate of drug-likeness (QED) is 0.807. The van der Waals surface area contributed by atoms with Crippen molar-refractivity contribution in [2.45, 2.75) is 43.9 Å². The molecule has 82 valence electrons. The molecule has 2 fully saturated rings. The molecule has 0 spiro atoms. The minimum Gasteiger partial charge on any atom is -0.448 e. The van der Waals surface area contributed by atoms with Gasteiger partial charge in [0.2, 0.25) is 0 Å². The van der Waals surface area contributed by atoms with Gasteiger partial charge in [-0.15, -0.1) is 0 Å². The maximum absolute atomic E-state index is 5.61. The highest BCUT2D eigenvalue weighted by Gasteiger charge is 2.25. The molecular weight excluding hydrogens is 188 g/mol. The zero-order valence-corrected chi connectivity index (χ0v) is 9.04. The van der Waals surface area contributed by atoms with Crippen LogP contribution in [0.4, 0.5) is 0 Å². The topological polar surface area (TPSA) is 38.1 Å². The number of nitrogens with zero attached hydrogens (tertiary/aromatic N) is 1. The van der Waals surface area contributed by atoms with E-state index in [2.05, 4.69) is 10.3 Å². The van der Waals surface area contributed by atoms with Crippen molar-refractivity contribution in [3.63, 3.8) is 0 Å². The Bertz CT molecular complexity index is 292. The molecule has 1 saturated heterocycles. The zero-order chi connectivity index (χ0) is 10.1. The highest BCUT2D eigenvalue weighted by Crippen LogP contribution is 2.34. The summed E-state index contributed by atoms with van der Waals surface area (Å²) in [5, 5.41) is 3.35. The second kappa shape index (κ2) is 3.97. The molecule has 1 unspecified atom stereocenters. The molecule has 15 heavy (non-hydrogen) atoms. The molecule has 0 amide bonds. The van der Waals surface area contributed by atoms with Crippen LogP contribution >= 0.6 is 0 Å². The third-order valence-electron chi connectivity index (χ3n) is 3.72. The van der Waals surface area contributed by atoms with Crippen LogP contribution in [0, 0.1) is 0 Å². The zero-order valence-electron chi connectivity index (χ0n) is 9.04. The molecule has 1 aliphatic heterocycles. The van der Waals surface area contributed by atoms with Gasteiger partial charge in [0.1, 0.15) is 6.26 Å². The average Bonchev–Trinajstić information content (AvgIpc) is 3.02. The maximum Gasteiger partial charge on any atom is 0.198 e. The highest BCUT2D eigenvalue weighted by atomic mass is 16.3. The van der Waals surface area contributed by atoms with E-state index < -0.39 is 0 Å². The van der Waals surface area contributed by atoms with Crippen molar-refractivity contribution in [1.29, 1.82) is 0 Å². The van der Waals surface area contributed by atoms with Gasteiger partial charge < -0.3 is 9.73 Å². The van der Waals surface area contributed by atoms with Crippen LogP contribution in [-0.4, -0.2) is 18.1 Å². The first-order valence-corrected chi connectivity index (χ1v) is 6.09. The lowest BCUT2D eigenvalue weighted by Crippen LogP contribution is -2.08. The van der Waals surface area contributed by atoms with Gasteiger partial charge in [-0.05, 0) is 25.8 Å². The number of hydrogen-bond acceptors (Lipinski definition) is 3. The van der Waals surface area contributed by atoms with Gasteiger partial charge in [0, 0.05) is 18.4 Å². The summed E-state index contributed by atoms with van der Waals surface area (Å²) in [4.78, 5) is 4.67. The van der Waals surface area contributed by atoms with E-state index in [1.54, 1.807) is 0 Å². The molecule has 0 aromatic carbocycles. The predicted molar refractivity (Wildman–Crippen MR) is 57.9 cm³/mol. The first kappa shape index (κ1) is 9.40. The van der Waals surface area contributed by atoms with Gasteiger partial charge in [-0.2, -0.15) is 0 Å². The molecule has 1 aromatic rings. The van der Waals surface area contributed by atoms with E-state index in [-0.39, 0.29) is 0 Å². The van der Waals surface area contributed by atoms with Gasteiger partial charge >= 0.3 is 0 Å². The highest BCUT2D eigenvalue weighted by molar-refractivity contribution is 5.09. The van der Waals surface area contributed by atoms with E-state index in [0.717, 1.165) is 19.0 Å². The Labute approximate surface area is 90.3 Å². The standard InChI is InChI=1S/C12H18N2O/c1-2-4-9(3-1)11-8-15-12(14-11)10-5-6-13-7-10/h8-10,13H,1-7H2. The third kappa shape index (κ3) is 1.81. The van der Waals surface area contributed by atoms with E-state index in [0.29, 0.717) is 11.8 Å². The molecule has 3 rings (SSSR count). The van der Waals surface area contributed by atoms with Gasteiger partial charge in [-0.25, -0.2) is 4.98 Å². The Morgan fingerprint density at radius 2 is 2.07 bits per heavy atom. The fourth-order valence-electron chi connectivity index (χ4n) is 2.76. The van der Waals surface area contributed by atoms with Crippen molar-refractivity contribution in [3.05, 3.63) is 17.8 Å². The van der Waals surface area contributed by atoms with Gasteiger partial charge in [0.25, 0.3) is 0 Å². The molecule has 3 heteroatoms. The maximum atomic E-state index is 5.61. The summed E-state index contributed by atoms with van der Waals surface area (Å²) in [6, 6.07) is 0. The van der Waals surface area contributed by atoms with Gasteiger partial charge in [-0.1, -0.05) is 12.8 Å². The second-order valence-corrected chi connectivity index (χ2v) is 4.78. The molecule has 0 radical (unpaired) electrons. The Balaban J connectivity index is 1.74. The van der Waals surface area contributed by atoms with Crippen molar-refractivity contribution in [1.82, 2.24) is 10.3 Å². The molecule has 1 atom stereocenters. The van der Waals surface area contributed by atoms with Crippen molar-refractivity contribution >= 4 is 0 Å². The van der Waals surface area contributed by atoms with Gasteiger partial charge in [0.05, 0.1) is 5.69 Å². The SMILES string of the molecule is c1oc(C2CCNC2)nc1C1CCCC1. The van der Waals surface area contributed by atoms with Crippen molar-refractivity contribution < 1.29 is 4.42 Å². The second-order valence-electron chi connectivity index (χ2n) is 4.78. The van der Waals surface area contributed by atoms with Crippen LogP contribution in [-0.2, 0) is 0 Å². The van der Waals surface area contributed by atoms with Gasteiger partial charge in [0.15, 0.2) is 5.89 Å². The van der Waals surface area contributed by atoms with E-state index in [1.165, 1.54) is 37.8 Å². The first-order chi connectivity index (χ1) is 7.43. The number of aromatic nitrogens is 1. The number of nitrogens with one attached hydrogen (secondary N) is 1. The largest absolute Gasteiger partial charge is 0.448 e. The number of oxazole rings is 1. The molecule has 2 aliphatic rings. The number of hydrogen-bond donors (Lipinski definition) is 1. The summed E-state index contributed by atoms with van der Waals surface area (Å²) in [6.45, 7) is 2.14. The first-order valence-electron chi connectivity index (χ1n) is 6.09. The van der Waals surface area contributed by atoms with Crippen LogP contribution in [0.25, 0.3) is 0 Å². The lowest BCUT2D eigenvalue weighted by molar-refractivity contribution is 0.457. The number of rotatable bonds is 2. The monoisotopic (exact) mass is 206 g/mol. The summed E-state index contributed by atoms with van der Waals surface area (Å²) < 4.78 is 5.61. The fourth-order valence-corrected chi connectivity index (χ4v) is 2.76. The lowest BCUT2D eigenvalue weighted by Gasteiger charge is -2.03. The molecule has 3 nitrogen and oxygen atoms in total. The van der Waals surface area contributed by atoms with Crippen molar-refractivity contribution in [2.75, 3.05) is 13.1 Å². The Morgan fingerprint density at radius 1 is 1.20 bits per heavy atom. The van der Waals surface area contributed by atoms with Crippen LogP contribution in [0.1, 0.15) is 55.5 Å². The normalized spacial score (nSPS) is 27.6. The Morgan fingerprint density at radius 3 is 2.80 bits per heavy atom. The summed E-state index contributed by atoms with van der Waals surface area (Å²) in [6.07, 6.45) is 8.38. The van der Waals surface area contributed by atoms with E-state index in [4.69, 9.17) is 4.42 Å². The molecule has 1 saturated carbocycles. The van der Waals surface area contributed by atoms with Gasteiger partial charge in [-0.3, -0.25) is 0 Å². The Kier molecular flexibility index (Phi) is 2.49. The molecule has 0 bridgehead atoms. The summed E-state index contributed by atoms with van der Waals surface area (Å²) >= 11 is 0. The average molecular weight is 206 g/mol. The lowest BCUT2D eigenvalue weighted by atomic mass is 10.1. The summed E-state index contributed by atoms with van der Waals surface area (Å²) in [7, 11) is 0. The van der Waals surface area contributed by atoms with Crippen LogP contribution in [0.15, 0.2) is 10.7 Å². The van der Waals surface area contributed by atoms with Crippen LogP contribution < -0.4 is 5.32 Å². The molecular formula is C12H18N2O. The molecule has 1 aliphatic carbocycles. The fraction of sp³-hybridized carbons (Fsp3) is 0.750. The van der Waals surface area contributed by atoms with Crippen LogP contribution in [0.3, 0.4) is 0 Å². The van der Waals surface area contributed by atoms with Crippen LogP contribution in [0.5, 0.6) is 0 Å². The van der Waals surface area contributed by atoms with Crippen molar-refractivity contribution in [2.24, 2.45) is 0 Å². The minimum atomic E-state index is 0.514. The predicted octanol–water partition coefficient (Wildman–Crippen LogP) is 2.41. The molecule has 2 heterocycles. The minimum absolute atomic E-state index is 0.514. The summed E-state index contributed by atoms with van der Waals surface area (Å²) in [5.74, 6) is 2.15. The van der Waals surface area contributed by atoms with E-state index in [1.807, 2.05) is 6.26 Å². The molecule has 1 aromatic heterocycles. The van der Waals surface area contributed by atoms with E-state index >= 15 is 0 Å².